The van der Waals surface area contributed by atoms with Crippen LogP contribution in [0, 0.1) is 0 Å². The van der Waals surface area contributed by atoms with E-state index in [1.807, 2.05) is 37.1 Å². The monoisotopic (exact) mass is 348 g/mol. The van der Waals surface area contributed by atoms with Gasteiger partial charge in [-0.3, -0.25) is 9.62 Å². The zero-order chi connectivity index (χ0) is 17.6. The van der Waals surface area contributed by atoms with Crippen molar-refractivity contribution < 1.29 is 13.5 Å². The van der Waals surface area contributed by atoms with Crippen LogP contribution in [0.4, 0.5) is 5.69 Å². The third-order valence-electron chi connectivity index (χ3n) is 3.68. The Morgan fingerprint density at radius 2 is 1.83 bits per heavy atom. The molecule has 0 saturated heterocycles. The number of sulfonamides is 1. The Bertz CT molecular complexity index is 748. The van der Waals surface area contributed by atoms with E-state index in [0.29, 0.717) is 25.2 Å². The van der Waals surface area contributed by atoms with E-state index in [4.69, 9.17) is 0 Å². The first-order chi connectivity index (χ1) is 11.4. The number of hydrogen-bond donors (Lipinski definition) is 2. The van der Waals surface area contributed by atoms with Gasteiger partial charge in [0.05, 0.1) is 11.0 Å². The summed E-state index contributed by atoms with van der Waals surface area (Å²) in [5.41, 5.74) is 1.51. The molecule has 0 aliphatic carbocycles. The number of aliphatic hydroxyl groups is 1. The number of hydrogen-bond acceptors (Lipinski definition) is 4. The lowest BCUT2D eigenvalue weighted by Gasteiger charge is -2.20. The Labute approximate surface area is 144 Å². The number of anilines is 1. The van der Waals surface area contributed by atoms with E-state index < -0.39 is 10.0 Å². The van der Waals surface area contributed by atoms with E-state index in [2.05, 4.69) is 4.72 Å². The van der Waals surface area contributed by atoms with Crippen LogP contribution < -0.4 is 4.72 Å². The van der Waals surface area contributed by atoms with Gasteiger partial charge in [-0.25, -0.2) is 8.42 Å². The minimum absolute atomic E-state index is 0.235. The van der Waals surface area contributed by atoms with E-state index in [1.165, 1.54) is 0 Å². The third kappa shape index (κ3) is 5.33. The summed E-state index contributed by atoms with van der Waals surface area (Å²) in [6.07, 6.45) is 0.358. The van der Waals surface area contributed by atoms with Crippen molar-refractivity contribution >= 4 is 15.7 Å². The molecule has 130 valence electrons. The molecule has 0 radical (unpaired) electrons. The first-order valence-corrected chi connectivity index (χ1v) is 9.42. The maximum Gasteiger partial charge on any atom is 0.261 e. The van der Waals surface area contributed by atoms with Crippen molar-refractivity contribution in [3.05, 3.63) is 60.2 Å². The van der Waals surface area contributed by atoms with Crippen molar-refractivity contribution in [2.24, 2.45) is 0 Å². The molecule has 0 unspecified atom stereocenters. The van der Waals surface area contributed by atoms with Crippen molar-refractivity contribution in [1.29, 1.82) is 0 Å². The summed E-state index contributed by atoms with van der Waals surface area (Å²) < 4.78 is 27.3. The molecule has 0 heterocycles. The molecular formula is C18H24N2O3S. The van der Waals surface area contributed by atoms with Gasteiger partial charge in [-0.2, -0.15) is 0 Å². The van der Waals surface area contributed by atoms with Crippen LogP contribution in [0.2, 0.25) is 0 Å². The number of rotatable bonds is 8. The second-order valence-electron chi connectivity index (χ2n) is 5.88. The molecule has 24 heavy (non-hydrogen) atoms. The molecule has 0 saturated carbocycles. The molecule has 0 bridgehead atoms. The van der Waals surface area contributed by atoms with Crippen LogP contribution in [0.15, 0.2) is 59.5 Å². The molecule has 0 amide bonds. The minimum atomic E-state index is -3.59. The van der Waals surface area contributed by atoms with Gasteiger partial charge >= 0.3 is 0 Å². The molecule has 2 aromatic rings. The van der Waals surface area contributed by atoms with E-state index in [0.717, 1.165) is 5.56 Å². The second-order valence-corrected chi connectivity index (χ2v) is 7.56. The highest BCUT2D eigenvalue weighted by atomic mass is 32.2. The van der Waals surface area contributed by atoms with Gasteiger partial charge in [-0.1, -0.05) is 37.3 Å². The highest BCUT2D eigenvalue weighted by Crippen LogP contribution is 2.17. The summed E-state index contributed by atoms with van der Waals surface area (Å²) in [5, 5.41) is 9.71. The smallest absolute Gasteiger partial charge is 0.261 e. The number of nitrogens with zero attached hydrogens (tertiary/aromatic N) is 1. The fourth-order valence-electron chi connectivity index (χ4n) is 2.41. The molecule has 1 atom stereocenters. The summed E-state index contributed by atoms with van der Waals surface area (Å²) in [6.45, 7) is 3.16. The first kappa shape index (κ1) is 18.4. The molecule has 2 aromatic carbocycles. The quantitative estimate of drug-likeness (QED) is 0.769. The SMILES string of the molecule is CC[C@@H](O)CN(C)Cc1cccc(NS(=O)(=O)c2ccccc2)c1. The molecule has 0 aliphatic heterocycles. The topological polar surface area (TPSA) is 69.6 Å². The summed E-state index contributed by atoms with van der Waals surface area (Å²) >= 11 is 0. The maximum absolute atomic E-state index is 12.4. The fraction of sp³-hybridized carbons (Fsp3) is 0.333. The molecule has 2 N–H and O–H groups in total. The largest absolute Gasteiger partial charge is 0.392 e. The van der Waals surface area contributed by atoms with Crippen molar-refractivity contribution in [1.82, 2.24) is 4.90 Å². The molecule has 6 heteroatoms. The van der Waals surface area contributed by atoms with E-state index in [-0.39, 0.29) is 11.0 Å². The van der Waals surface area contributed by atoms with Crippen molar-refractivity contribution in [3.63, 3.8) is 0 Å². The van der Waals surface area contributed by atoms with Gasteiger partial charge in [0.25, 0.3) is 10.0 Å². The minimum Gasteiger partial charge on any atom is -0.392 e. The van der Waals surface area contributed by atoms with Crippen molar-refractivity contribution in [2.75, 3.05) is 18.3 Å². The zero-order valence-electron chi connectivity index (χ0n) is 14.0. The van der Waals surface area contributed by atoms with E-state index in [1.54, 1.807) is 36.4 Å². The van der Waals surface area contributed by atoms with Gasteiger partial charge in [-0.05, 0) is 43.3 Å². The number of aliphatic hydroxyl groups excluding tert-OH is 1. The van der Waals surface area contributed by atoms with Crippen molar-refractivity contribution in [3.8, 4) is 0 Å². The molecule has 0 aromatic heterocycles. The normalized spacial score (nSPS) is 13.0. The maximum atomic E-state index is 12.4. The standard InChI is InChI=1S/C18H24N2O3S/c1-3-17(21)14-20(2)13-15-8-7-9-16(12-15)19-24(22,23)18-10-5-4-6-11-18/h4-12,17,19,21H,3,13-14H2,1-2H3/t17-/m1/s1. The first-order valence-electron chi connectivity index (χ1n) is 7.94. The lowest BCUT2D eigenvalue weighted by Crippen LogP contribution is -2.28. The number of nitrogens with one attached hydrogen (secondary N) is 1. The van der Waals surface area contributed by atoms with Gasteiger partial charge in [0.15, 0.2) is 0 Å². The van der Waals surface area contributed by atoms with Gasteiger partial charge in [-0.15, -0.1) is 0 Å². The van der Waals surface area contributed by atoms with Crippen LogP contribution in [0.5, 0.6) is 0 Å². The van der Waals surface area contributed by atoms with Crippen LogP contribution in [0.25, 0.3) is 0 Å². The van der Waals surface area contributed by atoms with Crippen LogP contribution in [0.3, 0.4) is 0 Å². The highest BCUT2D eigenvalue weighted by molar-refractivity contribution is 7.92. The summed E-state index contributed by atoms with van der Waals surface area (Å²) in [7, 11) is -1.65. The predicted octanol–water partition coefficient (Wildman–Crippen LogP) is 2.69. The fourth-order valence-corrected chi connectivity index (χ4v) is 3.48. The third-order valence-corrected chi connectivity index (χ3v) is 5.08. The van der Waals surface area contributed by atoms with Crippen LogP contribution in [-0.2, 0) is 16.6 Å². The Balaban J connectivity index is 2.08. The molecule has 5 nitrogen and oxygen atoms in total. The summed E-state index contributed by atoms with van der Waals surface area (Å²) in [5.74, 6) is 0. The number of benzene rings is 2. The van der Waals surface area contributed by atoms with Crippen LogP contribution in [-0.4, -0.2) is 38.1 Å². The van der Waals surface area contributed by atoms with Gasteiger partial charge in [0.2, 0.25) is 0 Å². The molecule has 2 rings (SSSR count). The molecule has 0 aliphatic rings. The zero-order valence-corrected chi connectivity index (χ0v) is 14.8. The van der Waals surface area contributed by atoms with Crippen LogP contribution in [0.1, 0.15) is 18.9 Å². The van der Waals surface area contributed by atoms with Gasteiger partial charge in [0, 0.05) is 18.8 Å². The Morgan fingerprint density at radius 1 is 1.12 bits per heavy atom. The van der Waals surface area contributed by atoms with Gasteiger partial charge < -0.3 is 5.11 Å². The number of likely N-dealkylation sites (N-methyl/N-ethyl adjacent to an activating group) is 1. The Hall–Kier alpha value is -1.89. The van der Waals surface area contributed by atoms with Crippen molar-refractivity contribution in [2.45, 2.75) is 30.9 Å². The van der Waals surface area contributed by atoms with Gasteiger partial charge in [0.1, 0.15) is 0 Å². The summed E-state index contributed by atoms with van der Waals surface area (Å²) in [6, 6.07) is 15.6. The average Bonchev–Trinajstić information content (AvgIpc) is 2.55. The second kappa shape index (κ2) is 8.28. The van der Waals surface area contributed by atoms with Crippen LogP contribution >= 0.6 is 0 Å². The Morgan fingerprint density at radius 3 is 2.50 bits per heavy atom. The molecule has 0 spiro atoms. The molecule has 0 fully saturated rings. The average molecular weight is 348 g/mol. The highest BCUT2D eigenvalue weighted by Gasteiger charge is 2.14. The van der Waals surface area contributed by atoms with E-state index in [9.17, 15) is 13.5 Å². The van der Waals surface area contributed by atoms with E-state index >= 15 is 0 Å². The Kier molecular flexibility index (Phi) is 6.36. The summed E-state index contributed by atoms with van der Waals surface area (Å²) in [4.78, 5) is 2.25. The predicted molar refractivity (Wildman–Crippen MR) is 96.3 cm³/mol. The lowest BCUT2D eigenvalue weighted by molar-refractivity contribution is 0.119. The molecular weight excluding hydrogens is 324 g/mol. The lowest BCUT2D eigenvalue weighted by atomic mass is 10.2.